The van der Waals surface area contributed by atoms with E-state index in [1.54, 1.807) is 0 Å². The van der Waals surface area contributed by atoms with Crippen LogP contribution in [-0.2, 0) is 4.79 Å². The van der Waals surface area contributed by atoms with Gasteiger partial charge >= 0.3 is 0 Å². The van der Waals surface area contributed by atoms with E-state index in [0.29, 0.717) is 12.3 Å². The van der Waals surface area contributed by atoms with Crippen molar-refractivity contribution in [3.63, 3.8) is 0 Å². The lowest BCUT2D eigenvalue weighted by Crippen LogP contribution is -2.42. The highest BCUT2D eigenvalue weighted by molar-refractivity contribution is 5.77. The largest absolute Gasteiger partial charge is 0.343 e. The Bertz CT molecular complexity index is 142. The van der Waals surface area contributed by atoms with Crippen LogP contribution in [0.2, 0.25) is 0 Å². The van der Waals surface area contributed by atoms with E-state index in [1.807, 2.05) is 37.7 Å². The first-order valence-corrected chi connectivity index (χ1v) is 5.12. The Kier molecular flexibility index (Phi) is 6.59. The molecular weight excluding hydrogens is 164 g/mol. The van der Waals surface area contributed by atoms with E-state index >= 15 is 0 Å². The third-order valence-electron chi connectivity index (χ3n) is 1.98. The van der Waals surface area contributed by atoms with E-state index in [4.69, 9.17) is 0 Å². The molecule has 1 rings (SSSR count). The molecule has 3 nitrogen and oxygen atoms in total. The van der Waals surface area contributed by atoms with Crippen LogP contribution in [0.15, 0.2) is 0 Å². The molecule has 0 radical (unpaired) electrons. The monoisotopic (exact) mass is 186 g/mol. The zero-order valence-electron chi connectivity index (χ0n) is 9.34. The Hall–Kier alpha value is -0.570. The Morgan fingerprint density at radius 2 is 1.85 bits per heavy atom. The quantitative estimate of drug-likeness (QED) is 0.661. The van der Waals surface area contributed by atoms with Crippen molar-refractivity contribution in [3.8, 4) is 0 Å². The smallest absolute Gasteiger partial charge is 0.223 e. The summed E-state index contributed by atoms with van der Waals surface area (Å²) in [5.41, 5.74) is 0. The molecule has 0 bridgehead atoms. The molecule has 78 valence electrons. The maximum atomic E-state index is 11.2. The lowest BCUT2D eigenvalue weighted by Gasteiger charge is -2.31. The third-order valence-corrected chi connectivity index (χ3v) is 1.98. The summed E-state index contributed by atoms with van der Waals surface area (Å²) in [4.78, 5) is 15.2. The molecule has 0 spiro atoms. The van der Waals surface area contributed by atoms with Crippen LogP contribution < -0.4 is 0 Å². The lowest BCUT2D eigenvalue weighted by molar-refractivity contribution is -0.134. The SMILES string of the molecule is CC.CN(C)CCC(=O)N1CCC1. The summed E-state index contributed by atoms with van der Waals surface area (Å²) in [7, 11) is 3.98. The van der Waals surface area contributed by atoms with Gasteiger partial charge < -0.3 is 9.80 Å². The Morgan fingerprint density at radius 1 is 1.31 bits per heavy atom. The fourth-order valence-corrected chi connectivity index (χ4v) is 1.04. The van der Waals surface area contributed by atoms with E-state index in [-0.39, 0.29) is 0 Å². The van der Waals surface area contributed by atoms with Crippen molar-refractivity contribution in [2.24, 2.45) is 0 Å². The van der Waals surface area contributed by atoms with Crippen LogP contribution in [-0.4, -0.2) is 49.4 Å². The van der Waals surface area contributed by atoms with Crippen LogP contribution in [0.1, 0.15) is 26.7 Å². The van der Waals surface area contributed by atoms with E-state index in [1.165, 1.54) is 6.42 Å². The van der Waals surface area contributed by atoms with Crippen LogP contribution >= 0.6 is 0 Å². The van der Waals surface area contributed by atoms with Gasteiger partial charge in [-0.15, -0.1) is 0 Å². The van der Waals surface area contributed by atoms with Gasteiger partial charge in [-0.05, 0) is 20.5 Å². The maximum Gasteiger partial charge on any atom is 0.223 e. The zero-order valence-corrected chi connectivity index (χ0v) is 9.34. The summed E-state index contributed by atoms with van der Waals surface area (Å²) in [5.74, 6) is 0.310. The van der Waals surface area contributed by atoms with Gasteiger partial charge in [-0.2, -0.15) is 0 Å². The number of nitrogens with zero attached hydrogens (tertiary/aromatic N) is 2. The second-order valence-electron chi connectivity index (χ2n) is 3.29. The van der Waals surface area contributed by atoms with Crippen LogP contribution in [0.4, 0.5) is 0 Å². The highest BCUT2D eigenvalue weighted by Gasteiger charge is 2.19. The summed E-state index contributed by atoms with van der Waals surface area (Å²) in [6, 6.07) is 0. The Labute approximate surface area is 81.7 Å². The molecule has 3 heteroatoms. The summed E-state index contributed by atoms with van der Waals surface area (Å²) in [6.45, 7) is 6.83. The molecule has 1 saturated heterocycles. The molecule has 0 aromatic carbocycles. The van der Waals surface area contributed by atoms with Crippen molar-refractivity contribution in [2.75, 3.05) is 33.7 Å². The van der Waals surface area contributed by atoms with Crippen molar-refractivity contribution in [2.45, 2.75) is 26.7 Å². The minimum absolute atomic E-state index is 0.310. The van der Waals surface area contributed by atoms with Crippen LogP contribution in [0.3, 0.4) is 0 Å². The molecular formula is C10H22N2O. The highest BCUT2D eigenvalue weighted by Crippen LogP contribution is 2.07. The Balaban J connectivity index is 0.000000671. The van der Waals surface area contributed by atoms with Crippen LogP contribution in [0.25, 0.3) is 0 Å². The first-order valence-electron chi connectivity index (χ1n) is 5.12. The number of rotatable bonds is 3. The van der Waals surface area contributed by atoms with Crippen LogP contribution in [0.5, 0.6) is 0 Å². The fraction of sp³-hybridized carbons (Fsp3) is 0.900. The summed E-state index contributed by atoms with van der Waals surface area (Å²) in [6.07, 6.45) is 1.86. The van der Waals surface area contributed by atoms with Crippen molar-refractivity contribution in [1.29, 1.82) is 0 Å². The molecule has 0 unspecified atom stereocenters. The fourth-order valence-electron chi connectivity index (χ4n) is 1.04. The van der Waals surface area contributed by atoms with Gasteiger partial charge in [0.25, 0.3) is 0 Å². The minimum Gasteiger partial charge on any atom is -0.343 e. The molecule has 0 atom stereocenters. The topological polar surface area (TPSA) is 23.6 Å². The number of likely N-dealkylation sites (tertiary alicyclic amines) is 1. The molecule has 1 heterocycles. The maximum absolute atomic E-state index is 11.2. The predicted molar refractivity (Wildman–Crippen MR) is 55.7 cm³/mol. The normalized spacial score (nSPS) is 14.7. The van der Waals surface area contributed by atoms with E-state index < -0.39 is 0 Å². The number of carbonyl (C=O) groups is 1. The minimum atomic E-state index is 0.310. The van der Waals surface area contributed by atoms with E-state index in [2.05, 4.69) is 0 Å². The van der Waals surface area contributed by atoms with Gasteiger partial charge in [-0.25, -0.2) is 0 Å². The molecule has 1 fully saturated rings. The molecule has 0 N–H and O–H groups in total. The van der Waals surface area contributed by atoms with Gasteiger partial charge in [0.1, 0.15) is 0 Å². The van der Waals surface area contributed by atoms with Crippen LogP contribution in [0, 0.1) is 0 Å². The third kappa shape index (κ3) is 4.88. The number of carbonyl (C=O) groups excluding carboxylic acids is 1. The second kappa shape index (κ2) is 6.89. The molecule has 1 aliphatic rings. The van der Waals surface area contributed by atoms with Gasteiger partial charge in [0.15, 0.2) is 0 Å². The molecule has 13 heavy (non-hydrogen) atoms. The van der Waals surface area contributed by atoms with E-state index in [9.17, 15) is 4.79 Å². The number of hydrogen-bond donors (Lipinski definition) is 0. The molecule has 0 saturated carbocycles. The summed E-state index contributed by atoms with van der Waals surface area (Å²) >= 11 is 0. The van der Waals surface area contributed by atoms with Crippen molar-refractivity contribution < 1.29 is 4.79 Å². The van der Waals surface area contributed by atoms with Gasteiger partial charge in [0, 0.05) is 26.1 Å². The van der Waals surface area contributed by atoms with Gasteiger partial charge in [-0.1, -0.05) is 13.8 Å². The van der Waals surface area contributed by atoms with Gasteiger partial charge in [0.2, 0.25) is 5.91 Å². The lowest BCUT2D eigenvalue weighted by atomic mass is 10.2. The molecule has 1 aliphatic heterocycles. The Morgan fingerprint density at radius 3 is 2.15 bits per heavy atom. The average molecular weight is 186 g/mol. The molecule has 0 aromatic rings. The van der Waals surface area contributed by atoms with E-state index in [0.717, 1.165) is 19.6 Å². The zero-order chi connectivity index (χ0) is 10.3. The van der Waals surface area contributed by atoms with Gasteiger partial charge in [0.05, 0.1) is 0 Å². The number of amides is 1. The molecule has 0 aliphatic carbocycles. The second-order valence-corrected chi connectivity index (χ2v) is 3.29. The van der Waals surface area contributed by atoms with Crippen molar-refractivity contribution >= 4 is 5.91 Å². The summed E-state index contributed by atoms with van der Waals surface area (Å²) < 4.78 is 0. The molecule has 1 amide bonds. The van der Waals surface area contributed by atoms with Crippen molar-refractivity contribution in [1.82, 2.24) is 9.80 Å². The highest BCUT2D eigenvalue weighted by atomic mass is 16.2. The van der Waals surface area contributed by atoms with Crippen molar-refractivity contribution in [3.05, 3.63) is 0 Å². The standard InChI is InChI=1S/C8H16N2O.C2H6/c1-9(2)7-4-8(11)10-5-3-6-10;1-2/h3-7H2,1-2H3;1-2H3. The van der Waals surface area contributed by atoms with Gasteiger partial charge in [-0.3, -0.25) is 4.79 Å². The summed E-state index contributed by atoms with van der Waals surface area (Å²) in [5, 5.41) is 0. The number of hydrogen-bond acceptors (Lipinski definition) is 2. The molecule has 0 aromatic heterocycles. The first kappa shape index (κ1) is 12.4. The predicted octanol–water partition coefficient (Wildman–Crippen LogP) is 1.20. The first-order chi connectivity index (χ1) is 6.20. The average Bonchev–Trinajstić information content (AvgIpc) is 2.01.